The van der Waals surface area contributed by atoms with Crippen LogP contribution in [0.3, 0.4) is 0 Å². The minimum atomic E-state index is 0.208. The fourth-order valence-corrected chi connectivity index (χ4v) is 2.94. The lowest BCUT2D eigenvalue weighted by atomic mass is 9.99. The van der Waals surface area contributed by atoms with E-state index in [1.54, 1.807) is 13.3 Å². The molecule has 1 aromatic rings. The van der Waals surface area contributed by atoms with Crippen molar-refractivity contribution in [1.29, 1.82) is 0 Å². The van der Waals surface area contributed by atoms with E-state index in [2.05, 4.69) is 16.9 Å². The SMILES string of the molecule is COCCN(Cc1cccnc1)C(=O)C[C@@H]1CCCCN1C. The van der Waals surface area contributed by atoms with Crippen molar-refractivity contribution in [2.24, 2.45) is 0 Å². The van der Waals surface area contributed by atoms with Crippen LogP contribution in [-0.2, 0) is 16.1 Å². The van der Waals surface area contributed by atoms with E-state index in [1.165, 1.54) is 12.8 Å². The van der Waals surface area contributed by atoms with Crippen molar-refractivity contribution < 1.29 is 9.53 Å². The fourth-order valence-electron chi connectivity index (χ4n) is 2.94. The summed E-state index contributed by atoms with van der Waals surface area (Å²) in [7, 11) is 3.79. The van der Waals surface area contributed by atoms with Crippen LogP contribution in [0.4, 0.5) is 0 Å². The number of carbonyl (C=O) groups is 1. The molecule has 1 atom stereocenters. The molecule has 2 heterocycles. The lowest BCUT2D eigenvalue weighted by Gasteiger charge is -2.33. The van der Waals surface area contributed by atoms with Crippen molar-refractivity contribution in [3.8, 4) is 0 Å². The molecule has 0 spiro atoms. The van der Waals surface area contributed by atoms with Crippen molar-refractivity contribution in [1.82, 2.24) is 14.8 Å². The lowest BCUT2D eigenvalue weighted by molar-refractivity contribution is -0.134. The maximum Gasteiger partial charge on any atom is 0.224 e. The number of carbonyl (C=O) groups excluding carboxylic acids is 1. The Kier molecular flexibility index (Phi) is 6.80. The quantitative estimate of drug-likeness (QED) is 0.772. The Morgan fingerprint density at radius 3 is 3.05 bits per heavy atom. The van der Waals surface area contributed by atoms with Gasteiger partial charge >= 0.3 is 0 Å². The number of amides is 1. The highest BCUT2D eigenvalue weighted by molar-refractivity contribution is 5.76. The second-order valence-corrected chi connectivity index (χ2v) is 6.00. The first-order valence-electron chi connectivity index (χ1n) is 8.06. The number of piperidine rings is 1. The summed E-state index contributed by atoms with van der Waals surface area (Å²) >= 11 is 0. The molecule has 5 nitrogen and oxygen atoms in total. The third-order valence-corrected chi connectivity index (χ3v) is 4.35. The number of ether oxygens (including phenoxy) is 1. The van der Waals surface area contributed by atoms with Gasteiger partial charge in [0.05, 0.1) is 6.61 Å². The van der Waals surface area contributed by atoms with Gasteiger partial charge in [-0.1, -0.05) is 12.5 Å². The third-order valence-electron chi connectivity index (χ3n) is 4.35. The summed E-state index contributed by atoms with van der Waals surface area (Å²) in [6.45, 7) is 2.89. The highest BCUT2D eigenvalue weighted by atomic mass is 16.5. The maximum atomic E-state index is 12.7. The summed E-state index contributed by atoms with van der Waals surface area (Å²) in [4.78, 5) is 21.0. The minimum absolute atomic E-state index is 0.208. The van der Waals surface area contributed by atoms with Crippen molar-refractivity contribution in [2.45, 2.75) is 38.3 Å². The second-order valence-electron chi connectivity index (χ2n) is 6.00. The molecular formula is C17H27N3O2. The molecule has 1 saturated heterocycles. The van der Waals surface area contributed by atoms with Gasteiger partial charge in [-0.05, 0) is 38.1 Å². The van der Waals surface area contributed by atoms with Crippen LogP contribution < -0.4 is 0 Å². The van der Waals surface area contributed by atoms with Crippen LogP contribution in [0.1, 0.15) is 31.2 Å². The smallest absolute Gasteiger partial charge is 0.224 e. The van der Waals surface area contributed by atoms with Gasteiger partial charge in [-0.3, -0.25) is 9.78 Å². The summed E-state index contributed by atoms with van der Waals surface area (Å²) in [6.07, 6.45) is 7.75. The molecule has 5 heteroatoms. The zero-order chi connectivity index (χ0) is 15.8. The van der Waals surface area contributed by atoms with Gasteiger partial charge in [0.15, 0.2) is 0 Å². The van der Waals surface area contributed by atoms with E-state index >= 15 is 0 Å². The molecule has 0 bridgehead atoms. The highest BCUT2D eigenvalue weighted by Crippen LogP contribution is 2.19. The molecule has 1 aliphatic heterocycles. The minimum Gasteiger partial charge on any atom is -0.383 e. The molecule has 0 saturated carbocycles. The summed E-state index contributed by atoms with van der Waals surface area (Å²) in [5.74, 6) is 0.208. The molecule has 1 aliphatic rings. The molecule has 1 amide bonds. The number of hydrogen-bond donors (Lipinski definition) is 0. The molecule has 1 aromatic heterocycles. The van der Waals surface area contributed by atoms with Gasteiger partial charge < -0.3 is 14.5 Å². The Balaban J connectivity index is 1.96. The highest BCUT2D eigenvalue weighted by Gasteiger charge is 2.24. The predicted octanol–water partition coefficient (Wildman–Crippen LogP) is 1.93. The first-order valence-corrected chi connectivity index (χ1v) is 8.06. The Morgan fingerprint density at radius 1 is 1.50 bits per heavy atom. The van der Waals surface area contributed by atoms with Gasteiger partial charge in [-0.15, -0.1) is 0 Å². The van der Waals surface area contributed by atoms with Gasteiger partial charge in [0.2, 0.25) is 5.91 Å². The average Bonchev–Trinajstić information content (AvgIpc) is 2.54. The van der Waals surface area contributed by atoms with Gasteiger partial charge in [0, 0.05) is 45.1 Å². The maximum absolute atomic E-state index is 12.7. The van der Waals surface area contributed by atoms with E-state index in [0.717, 1.165) is 18.5 Å². The number of hydrogen-bond acceptors (Lipinski definition) is 4. The van der Waals surface area contributed by atoms with Crippen LogP contribution >= 0.6 is 0 Å². The van der Waals surface area contributed by atoms with Crippen LogP contribution in [0.25, 0.3) is 0 Å². The molecule has 0 N–H and O–H groups in total. The average molecular weight is 305 g/mol. The number of nitrogens with zero attached hydrogens (tertiary/aromatic N) is 3. The first-order chi connectivity index (χ1) is 10.7. The molecule has 0 unspecified atom stereocenters. The topological polar surface area (TPSA) is 45.7 Å². The summed E-state index contributed by atoms with van der Waals surface area (Å²) < 4.78 is 5.15. The van der Waals surface area contributed by atoms with Crippen molar-refractivity contribution >= 4 is 5.91 Å². The van der Waals surface area contributed by atoms with E-state index in [4.69, 9.17) is 4.74 Å². The zero-order valence-electron chi connectivity index (χ0n) is 13.7. The Morgan fingerprint density at radius 2 is 2.36 bits per heavy atom. The summed E-state index contributed by atoms with van der Waals surface area (Å²) in [5, 5.41) is 0. The summed E-state index contributed by atoms with van der Waals surface area (Å²) in [5.41, 5.74) is 1.06. The molecule has 0 aliphatic carbocycles. The Hall–Kier alpha value is -1.46. The second kappa shape index (κ2) is 8.86. The zero-order valence-corrected chi connectivity index (χ0v) is 13.7. The van der Waals surface area contributed by atoms with E-state index in [9.17, 15) is 4.79 Å². The monoisotopic (exact) mass is 305 g/mol. The van der Waals surface area contributed by atoms with Gasteiger partial charge in [-0.2, -0.15) is 0 Å². The van der Waals surface area contributed by atoms with Crippen molar-refractivity contribution in [2.75, 3.05) is 33.9 Å². The molecule has 22 heavy (non-hydrogen) atoms. The van der Waals surface area contributed by atoms with Crippen LogP contribution in [-0.4, -0.2) is 60.6 Å². The van der Waals surface area contributed by atoms with E-state index in [0.29, 0.717) is 32.2 Å². The predicted molar refractivity (Wildman–Crippen MR) is 86.4 cm³/mol. The number of likely N-dealkylation sites (tertiary alicyclic amines) is 1. The first kappa shape index (κ1) is 16.9. The number of pyridine rings is 1. The standard InChI is InChI=1S/C17H27N3O2/c1-19-9-4-3-7-16(19)12-17(21)20(10-11-22-2)14-15-6-5-8-18-13-15/h5-6,8,13,16H,3-4,7,9-12,14H2,1-2H3/t16-/m0/s1. The largest absolute Gasteiger partial charge is 0.383 e. The molecule has 2 rings (SSSR count). The van der Waals surface area contributed by atoms with Crippen LogP contribution in [0, 0.1) is 0 Å². The third kappa shape index (κ3) is 5.07. The van der Waals surface area contributed by atoms with Crippen LogP contribution in [0.2, 0.25) is 0 Å². The van der Waals surface area contributed by atoms with E-state index in [1.807, 2.05) is 23.2 Å². The van der Waals surface area contributed by atoms with Gasteiger partial charge in [-0.25, -0.2) is 0 Å². The Labute approximate surface area is 133 Å². The van der Waals surface area contributed by atoms with Crippen molar-refractivity contribution in [3.63, 3.8) is 0 Å². The lowest BCUT2D eigenvalue weighted by Crippen LogP contribution is -2.42. The number of methoxy groups -OCH3 is 1. The molecular weight excluding hydrogens is 278 g/mol. The van der Waals surface area contributed by atoms with E-state index in [-0.39, 0.29) is 5.91 Å². The van der Waals surface area contributed by atoms with Crippen molar-refractivity contribution in [3.05, 3.63) is 30.1 Å². The fraction of sp³-hybridized carbons (Fsp3) is 0.647. The number of aromatic nitrogens is 1. The molecule has 122 valence electrons. The van der Waals surface area contributed by atoms with Gasteiger partial charge in [0.25, 0.3) is 0 Å². The normalized spacial score (nSPS) is 19.1. The Bertz CT molecular complexity index is 452. The molecule has 0 aromatic carbocycles. The molecule has 1 fully saturated rings. The van der Waals surface area contributed by atoms with E-state index < -0.39 is 0 Å². The van der Waals surface area contributed by atoms with Gasteiger partial charge in [0.1, 0.15) is 0 Å². The van der Waals surface area contributed by atoms with Crippen LogP contribution in [0.15, 0.2) is 24.5 Å². The summed E-state index contributed by atoms with van der Waals surface area (Å²) in [6, 6.07) is 4.29. The van der Waals surface area contributed by atoms with Crippen LogP contribution in [0.5, 0.6) is 0 Å². The molecule has 0 radical (unpaired) electrons. The number of rotatable bonds is 7.